The molecule has 21 heavy (non-hydrogen) atoms. The average Bonchev–Trinajstić information content (AvgIpc) is 3.07. The molecule has 1 spiro atoms. The second-order valence-electron chi connectivity index (χ2n) is 6.40. The van der Waals surface area contributed by atoms with Gasteiger partial charge in [0, 0.05) is 38.9 Å². The maximum absolute atomic E-state index is 13.7. The third kappa shape index (κ3) is 3.44. The predicted octanol–water partition coefficient (Wildman–Crippen LogP) is 2.84. The van der Waals surface area contributed by atoms with E-state index < -0.39 is 0 Å². The van der Waals surface area contributed by atoms with Gasteiger partial charge in [-0.2, -0.15) is 0 Å². The molecule has 0 saturated carbocycles. The van der Waals surface area contributed by atoms with E-state index in [4.69, 9.17) is 9.47 Å². The maximum Gasteiger partial charge on any atom is 0.127 e. The highest BCUT2D eigenvalue weighted by atomic mass is 19.1. The van der Waals surface area contributed by atoms with E-state index in [1.54, 1.807) is 13.2 Å². The first-order valence-corrected chi connectivity index (χ1v) is 7.79. The van der Waals surface area contributed by atoms with E-state index in [2.05, 4.69) is 4.90 Å². The van der Waals surface area contributed by atoms with Gasteiger partial charge in [-0.1, -0.05) is 18.2 Å². The van der Waals surface area contributed by atoms with Crippen molar-refractivity contribution in [1.29, 1.82) is 0 Å². The zero-order chi connectivity index (χ0) is 14.7. The van der Waals surface area contributed by atoms with Crippen LogP contribution in [0.25, 0.3) is 0 Å². The fourth-order valence-electron chi connectivity index (χ4n) is 3.62. The molecule has 3 nitrogen and oxygen atoms in total. The van der Waals surface area contributed by atoms with E-state index in [1.807, 2.05) is 12.1 Å². The van der Waals surface area contributed by atoms with Gasteiger partial charge in [0.05, 0.1) is 12.2 Å². The summed E-state index contributed by atoms with van der Waals surface area (Å²) in [5, 5.41) is 0. The van der Waals surface area contributed by atoms with Crippen molar-refractivity contribution in [3.63, 3.8) is 0 Å². The molecule has 3 rings (SSSR count). The quantitative estimate of drug-likeness (QED) is 0.833. The normalized spacial score (nSPS) is 29.5. The fraction of sp³-hybridized carbons (Fsp3) is 0.647. The van der Waals surface area contributed by atoms with Crippen LogP contribution in [0.15, 0.2) is 24.3 Å². The first-order chi connectivity index (χ1) is 10.2. The van der Waals surface area contributed by atoms with E-state index in [9.17, 15) is 4.39 Å². The molecule has 2 saturated heterocycles. The van der Waals surface area contributed by atoms with E-state index in [0.717, 1.165) is 51.1 Å². The minimum atomic E-state index is -0.108. The average molecular weight is 293 g/mol. The summed E-state index contributed by atoms with van der Waals surface area (Å²) in [4.78, 5) is 2.32. The highest BCUT2D eigenvalue weighted by molar-refractivity contribution is 5.17. The van der Waals surface area contributed by atoms with Gasteiger partial charge in [-0.05, 0) is 31.2 Å². The van der Waals surface area contributed by atoms with E-state index in [1.165, 1.54) is 6.07 Å². The molecule has 1 aromatic rings. The van der Waals surface area contributed by atoms with Crippen LogP contribution >= 0.6 is 0 Å². The van der Waals surface area contributed by atoms with Gasteiger partial charge in [0.1, 0.15) is 5.82 Å². The van der Waals surface area contributed by atoms with E-state index >= 15 is 0 Å². The van der Waals surface area contributed by atoms with Gasteiger partial charge in [-0.15, -0.1) is 0 Å². The summed E-state index contributed by atoms with van der Waals surface area (Å²) < 4.78 is 25.0. The summed E-state index contributed by atoms with van der Waals surface area (Å²) in [5.41, 5.74) is 0.785. The van der Waals surface area contributed by atoms with Crippen LogP contribution in [0, 0.1) is 11.7 Å². The predicted molar refractivity (Wildman–Crippen MR) is 79.6 cm³/mol. The summed E-state index contributed by atoms with van der Waals surface area (Å²) in [5.74, 6) is 0.502. The molecule has 0 amide bonds. The van der Waals surface area contributed by atoms with Gasteiger partial charge in [-0.25, -0.2) is 4.39 Å². The molecule has 0 aliphatic carbocycles. The smallest absolute Gasteiger partial charge is 0.127 e. The Morgan fingerprint density at radius 3 is 3.10 bits per heavy atom. The van der Waals surface area contributed by atoms with Gasteiger partial charge in [-0.3, -0.25) is 4.90 Å². The SMILES string of the molecule is COCC[C@H]1CO[C@]2(CCN(Cc3ccccc3F)C2)C1. The molecule has 2 aliphatic rings. The van der Waals surface area contributed by atoms with Gasteiger partial charge < -0.3 is 9.47 Å². The summed E-state index contributed by atoms with van der Waals surface area (Å²) in [6, 6.07) is 7.05. The second-order valence-corrected chi connectivity index (χ2v) is 6.40. The van der Waals surface area contributed by atoms with Crippen LogP contribution in [0.3, 0.4) is 0 Å². The molecule has 4 heteroatoms. The van der Waals surface area contributed by atoms with Crippen molar-refractivity contribution in [3.05, 3.63) is 35.6 Å². The molecule has 0 aromatic heterocycles. The second kappa shape index (κ2) is 6.42. The zero-order valence-corrected chi connectivity index (χ0v) is 12.7. The number of ether oxygens (including phenoxy) is 2. The third-order valence-electron chi connectivity index (χ3n) is 4.76. The van der Waals surface area contributed by atoms with Crippen molar-refractivity contribution in [3.8, 4) is 0 Å². The number of hydrogen-bond donors (Lipinski definition) is 0. The van der Waals surface area contributed by atoms with Crippen molar-refractivity contribution in [2.24, 2.45) is 5.92 Å². The Morgan fingerprint density at radius 2 is 2.29 bits per heavy atom. The molecule has 0 bridgehead atoms. The van der Waals surface area contributed by atoms with Crippen molar-refractivity contribution < 1.29 is 13.9 Å². The van der Waals surface area contributed by atoms with Crippen LogP contribution in [0.4, 0.5) is 4.39 Å². The topological polar surface area (TPSA) is 21.7 Å². The molecule has 2 atom stereocenters. The highest BCUT2D eigenvalue weighted by Gasteiger charge is 2.45. The maximum atomic E-state index is 13.7. The first kappa shape index (κ1) is 14.9. The number of rotatable bonds is 5. The van der Waals surface area contributed by atoms with Crippen molar-refractivity contribution in [2.75, 3.05) is 33.4 Å². The lowest BCUT2D eigenvalue weighted by molar-refractivity contribution is 0.0107. The summed E-state index contributed by atoms with van der Waals surface area (Å²) >= 11 is 0. The number of nitrogens with zero attached hydrogens (tertiary/aromatic N) is 1. The Bertz CT molecular complexity index is 482. The lowest BCUT2D eigenvalue weighted by Crippen LogP contribution is -2.32. The van der Waals surface area contributed by atoms with Gasteiger partial charge in [0.25, 0.3) is 0 Å². The van der Waals surface area contributed by atoms with Crippen LogP contribution in [0.1, 0.15) is 24.8 Å². The molecule has 2 aliphatic heterocycles. The molecule has 0 N–H and O–H groups in total. The number of methoxy groups -OCH3 is 1. The molecule has 2 heterocycles. The summed E-state index contributed by atoms with van der Waals surface area (Å²) in [7, 11) is 1.75. The van der Waals surface area contributed by atoms with Crippen LogP contribution in [0.2, 0.25) is 0 Å². The largest absolute Gasteiger partial charge is 0.385 e. The Balaban J connectivity index is 1.55. The van der Waals surface area contributed by atoms with Gasteiger partial charge in [0.15, 0.2) is 0 Å². The molecular weight excluding hydrogens is 269 g/mol. The van der Waals surface area contributed by atoms with Crippen LogP contribution < -0.4 is 0 Å². The van der Waals surface area contributed by atoms with Crippen molar-refractivity contribution >= 4 is 0 Å². The lowest BCUT2D eigenvalue weighted by Gasteiger charge is -2.23. The molecular formula is C17H24FNO2. The monoisotopic (exact) mass is 293 g/mol. The Kier molecular flexibility index (Phi) is 4.57. The first-order valence-electron chi connectivity index (χ1n) is 7.79. The Labute approximate surface area is 126 Å². The third-order valence-corrected chi connectivity index (χ3v) is 4.76. The molecule has 0 unspecified atom stereocenters. The van der Waals surface area contributed by atoms with Gasteiger partial charge in [0.2, 0.25) is 0 Å². The van der Waals surface area contributed by atoms with Crippen LogP contribution in [-0.2, 0) is 16.0 Å². The number of hydrogen-bond acceptors (Lipinski definition) is 3. The molecule has 0 radical (unpaired) electrons. The van der Waals surface area contributed by atoms with Gasteiger partial charge >= 0.3 is 0 Å². The van der Waals surface area contributed by atoms with E-state index in [-0.39, 0.29) is 11.4 Å². The molecule has 1 aromatic carbocycles. The Morgan fingerprint density at radius 1 is 1.43 bits per heavy atom. The number of likely N-dealkylation sites (tertiary alicyclic amines) is 1. The van der Waals surface area contributed by atoms with Crippen LogP contribution in [-0.4, -0.2) is 43.9 Å². The zero-order valence-electron chi connectivity index (χ0n) is 12.7. The minimum Gasteiger partial charge on any atom is -0.385 e. The van der Waals surface area contributed by atoms with Crippen molar-refractivity contribution in [1.82, 2.24) is 4.90 Å². The van der Waals surface area contributed by atoms with Crippen molar-refractivity contribution in [2.45, 2.75) is 31.4 Å². The van der Waals surface area contributed by atoms with Crippen LogP contribution in [0.5, 0.6) is 0 Å². The number of halogens is 1. The number of benzene rings is 1. The standard InChI is InChI=1S/C17H24FNO2/c1-20-9-6-14-10-17(21-12-14)7-8-19(13-17)11-15-4-2-3-5-16(15)18/h2-5,14H,6-13H2,1H3/t14-,17-/m1/s1. The van der Waals surface area contributed by atoms with E-state index in [0.29, 0.717) is 12.5 Å². The summed E-state index contributed by atoms with van der Waals surface area (Å²) in [6.45, 7) is 4.25. The molecule has 116 valence electrons. The lowest BCUT2D eigenvalue weighted by atomic mass is 9.92. The minimum absolute atomic E-state index is 0.00364. The highest BCUT2D eigenvalue weighted by Crippen LogP contribution is 2.39. The Hall–Kier alpha value is -0.970. The fourth-order valence-corrected chi connectivity index (χ4v) is 3.62. The summed E-state index contributed by atoms with van der Waals surface area (Å²) in [6.07, 6.45) is 3.25. The molecule has 2 fully saturated rings.